The first kappa shape index (κ1) is 26.8. The SMILES string of the molecule is c1ccc(-c2nc(-c3ccccc3)nc(-c3cccc(-c4cnnc5c4oc4cccc(-c6ccc7ccccc7c6)c45)c3)n2)cc1. The lowest BCUT2D eigenvalue weighted by atomic mass is 9.97. The van der Waals surface area contributed by atoms with Crippen LogP contribution in [0.3, 0.4) is 0 Å². The fraction of sp³-hybridized carbons (Fsp3) is 0. The Labute approximate surface area is 270 Å². The van der Waals surface area contributed by atoms with Gasteiger partial charge in [0, 0.05) is 22.3 Å². The van der Waals surface area contributed by atoms with Crippen LogP contribution in [0.1, 0.15) is 0 Å². The topological polar surface area (TPSA) is 77.6 Å². The van der Waals surface area contributed by atoms with Gasteiger partial charge in [-0.15, -0.1) is 5.10 Å². The molecule has 220 valence electrons. The Morgan fingerprint density at radius 1 is 0.426 bits per heavy atom. The number of rotatable bonds is 5. The molecule has 9 rings (SSSR count). The van der Waals surface area contributed by atoms with E-state index >= 15 is 0 Å². The summed E-state index contributed by atoms with van der Waals surface area (Å²) < 4.78 is 6.54. The molecule has 6 nitrogen and oxygen atoms in total. The number of hydrogen-bond donors (Lipinski definition) is 0. The van der Waals surface area contributed by atoms with Gasteiger partial charge >= 0.3 is 0 Å². The van der Waals surface area contributed by atoms with Crippen molar-refractivity contribution in [1.29, 1.82) is 0 Å². The van der Waals surface area contributed by atoms with Gasteiger partial charge in [0.15, 0.2) is 23.1 Å². The predicted molar refractivity (Wildman–Crippen MR) is 187 cm³/mol. The molecule has 0 aliphatic carbocycles. The number of hydrogen-bond acceptors (Lipinski definition) is 6. The molecule has 9 aromatic rings. The Balaban J connectivity index is 1.19. The molecule has 0 N–H and O–H groups in total. The van der Waals surface area contributed by atoms with Crippen LogP contribution in [-0.4, -0.2) is 25.1 Å². The summed E-state index contributed by atoms with van der Waals surface area (Å²) in [6.45, 7) is 0. The molecule has 0 aliphatic heterocycles. The van der Waals surface area contributed by atoms with Crippen LogP contribution in [0.15, 0.2) is 156 Å². The largest absolute Gasteiger partial charge is 0.454 e. The van der Waals surface area contributed by atoms with Crippen molar-refractivity contribution in [3.05, 3.63) is 152 Å². The summed E-state index contributed by atoms with van der Waals surface area (Å²) in [4.78, 5) is 14.7. The number of aromatic nitrogens is 5. The van der Waals surface area contributed by atoms with Crippen molar-refractivity contribution >= 4 is 32.8 Å². The summed E-state index contributed by atoms with van der Waals surface area (Å²) in [6, 6.07) is 49.2. The van der Waals surface area contributed by atoms with Gasteiger partial charge in [-0.05, 0) is 45.7 Å². The maximum Gasteiger partial charge on any atom is 0.165 e. The second-order valence-corrected chi connectivity index (χ2v) is 11.4. The van der Waals surface area contributed by atoms with Crippen molar-refractivity contribution in [2.24, 2.45) is 0 Å². The Morgan fingerprint density at radius 3 is 1.77 bits per heavy atom. The van der Waals surface area contributed by atoms with Crippen LogP contribution in [0.25, 0.3) is 89.3 Å². The minimum absolute atomic E-state index is 0.584. The van der Waals surface area contributed by atoms with Gasteiger partial charge in [-0.2, -0.15) is 5.10 Å². The smallest absolute Gasteiger partial charge is 0.165 e. The molecule has 47 heavy (non-hydrogen) atoms. The van der Waals surface area contributed by atoms with E-state index in [1.807, 2.05) is 84.9 Å². The van der Waals surface area contributed by atoms with E-state index in [9.17, 15) is 0 Å². The van der Waals surface area contributed by atoms with Crippen LogP contribution in [0.2, 0.25) is 0 Å². The standard InChI is InChI=1S/C41H25N5O/c1-3-12-27(13-4-1)39-43-40(28-14-5-2-6-15-28)45-41(44-39)32-18-9-17-30(24-32)34-25-42-46-37-36-33(19-10-20-35(36)47-38(34)37)31-22-21-26-11-7-8-16-29(26)23-31/h1-25H. The third kappa shape index (κ3) is 4.80. The highest BCUT2D eigenvalue weighted by molar-refractivity contribution is 6.13. The Bertz CT molecular complexity index is 2520. The summed E-state index contributed by atoms with van der Waals surface area (Å²) >= 11 is 0. The van der Waals surface area contributed by atoms with Gasteiger partial charge in [-0.1, -0.05) is 127 Å². The van der Waals surface area contributed by atoms with Crippen LogP contribution >= 0.6 is 0 Å². The van der Waals surface area contributed by atoms with Gasteiger partial charge in [-0.25, -0.2) is 15.0 Å². The normalized spacial score (nSPS) is 11.4. The lowest BCUT2D eigenvalue weighted by Crippen LogP contribution is -2.00. The number of furan rings is 1. The molecular formula is C41H25N5O. The monoisotopic (exact) mass is 603 g/mol. The van der Waals surface area contributed by atoms with Crippen molar-refractivity contribution in [1.82, 2.24) is 25.1 Å². The first-order valence-corrected chi connectivity index (χ1v) is 15.4. The molecule has 6 aromatic carbocycles. The average molecular weight is 604 g/mol. The van der Waals surface area contributed by atoms with E-state index in [-0.39, 0.29) is 0 Å². The van der Waals surface area contributed by atoms with Gasteiger partial charge in [0.25, 0.3) is 0 Å². The van der Waals surface area contributed by atoms with E-state index < -0.39 is 0 Å². The van der Waals surface area contributed by atoms with Crippen molar-refractivity contribution in [3.63, 3.8) is 0 Å². The first-order chi connectivity index (χ1) is 23.3. The Morgan fingerprint density at radius 2 is 1.02 bits per heavy atom. The molecule has 0 saturated carbocycles. The molecule has 3 heterocycles. The highest BCUT2D eigenvalue weighted by atomic mass is 16.3. The highest BCUT2D eigenvalue weighted by Gasteiger charge is 2.19. The zero-order chi connectivity index (χ0) is 31.2. The van der Waals surface area contributed by atoms with Crippen LogP contribution in [-0.2, 0) is 0 Å². The molecule has 0 aliphatic rings. The highest BCUT2D eigenvalue weighted by Crippen LogP contribution is 2.40. The molecule has 3 aromatic heterocycles. The number of nitrogens with zero attached hydrogens (tertiary/aromatic N) is 5. The third-order valence-corrected chi connectivity index (χ3v) is 8.47. The van der Waals surface area contributed by atoms with Crippen molar-refractivity contribution < 1.29 is 4.42 Å². The number of benzene rings is 6. The van der Waals surface area contributed by atoms with Gasteiger partial charge in [0.05, 0.1) is 11.6 Å². The molecule has 6 heteroatoms. The fourth-order valence-electron chi connectivity index (χ4n) is 6.18. The molecule has 0 saturated heterocycles. The van der Waals surface area contributed by atoms with E-state index in [0.29, 0.717) is 23.1 Å². The van der Waals surface area contributed by atoms with E-state index in [1.54, 1.807) is 6.20 Å². The molecule has 0 atom stereocenters. The molecule has 0 unspecified atom stereocenters. The summed E-state index contributed by atoms with van der Waals surface area (Å²) in [7, 11) is 0. The predicted octanol–water partition coefficient (Wildman–Crippen LogP) is 10.0. The van der Waals surface area contributed by atoms with Crippen molar-refractivity contribution in [3.8, 4) is 56.4 Å². The van der Waals surface area contributed by atoms with Crippen LogP contribution in [0.5, 0.6) is 0 Å². The number of fused-ring (bicyclic) bond motifs is 4. The maximum atomic E-state index is 6.54. The second kappa shape index (κ2) is 11.1. The van der Waals surface area contributed by atoms with Crippen molar-refractivity contribution in [2.75, 3.05) is 0 Å². The van der Waals surface area contributed by atoms with Crippen LogP contribution in [0, 0.1) is 0 Å². The zero-order valence-corrected chi connectivity index (χ0v) is 25.1. The molecule has 0 fully saturated rings. The Hall–Kier alpha value is -6.53. The van der Waals surface area contributed by atoms with Crippen molar-refractivity contribution in [2.45, 2.75) is 0 Å². The van der Waals surface area contributed by atoms with E-state index in [2.05, 4.69) is 70.9 Å². The minimum Gasteiger partial charge on any atom is -0.454 e. The van der Waals surface area contributed by atoms with E-state index in [4.69, 9.17) is 19.4 Å². The molecule has 0 amide bonds. The van der Waals surface area contributed by atoms with E-state index in [0.717, 1.165) is 55.4 Å². The van der Waals surface area contributed by atoms with E-state index in [1.165, 1.54) is 10.8 Å². The molecule has 0 radical (unpaired) electrons. The lowest BCUT2D eigenvalue weighted by Gasteiger charge is -2.09. The lowest BCUT2D eigenvalue weighted by molar-refractivity contribution is 0.668. The summed E-state index contributed by atoms with van der Waals surface area (Å²) in [5.74, 6) is 1.82. The molecule has 0 bridgehead atoms. The fourth-order valence-corrected chi connectivity index (χ4v) is 6.18. The second-order valence-electron chi connectivity index (χ2n) is 11.4. The van der Waals surface area contributed by atoms with Crippen LogP contribution < -0.4 is 0 Å². The summed E-state index contributed by atoms with van der Waals surface area (Å²) in [6.07, 6.45) is 1.76. The van der Waals surface area contributed by atoms with Gasteiger partial charge < -0.3 is 4.42 Å². The summed E-state index contributed by atoms with van der Waals surface area (Å²) in [5, 5.41) is 12.4. The van der Waals surface area contributed by atoms with Gasteiger partial charge in [0.1, 0.15) is 11.1 Å². The van der Waals surface area contributed by atoms with Gasteiger partial charge in [-0.3, -0.25) is 0 Å². The average Bonchev–Trinajstić information content (AvgIpc) is 3.54. The molecular weight excluding hydrogens is 578 g/mol. The zero-order valence-electron chi connectivity index (χ0n) is 25.1. The van der Waals surface area contributed by atoms with Crippen LogP contribution in [0.4, 0.5) is 0 Å². The Kier molecular flexibility index (Phi) is 6.35. The maximum absolute atomic E-state index is 6.54. The minimum atomic E-state index is 0.584. The molecule has 0 spiro atoms. The quantitative estimate of drug-likeness (QED) is 0.195. The third-order valence-electron chi connectivity index (χ3n) is 8.47. The first-order valence-electron chi connectivity index (χ1n) is 15.4. The van der Waals surface area contributed by atoms with Gasteiger partial charge in [0.2, 0.25) is 0 Å². The summed E-state index contributed by atoms with van der Waals surface area (Å²) in [5.41, 5.74) is 8.82.